The van der Waals surface area contributed by atoms with Gasteiger partial charge in [0.1, 0.15) is 5.82 Å². The molecule has 2 aliphatic rings. The monoisotopic (exact) mass is 384 g/mol. The van der Waals surface area contributed by atoms with Crippen LogP contribution in [0.4, 0.5) is 0 Å². The first-order valence-electron chi connectivity index (χ1n) is 10.1. The van der Waals surface area contributed by atoms with Gasteiger partial charge < -0.3 is 14.8 Å². The van der Waals surface area contributed by atoms with Crippen molar-refractivity contribution < 1.29 is 4.79 Å². The Morgan fingerprint density at radius 3 is 3.00 bits per heavy atom. The third-order valence-electron chi connectivity index (χ3n) is 5.77. The third kappa shape index (κ3) is 4.01. The van der Waals surface area contributed by atoms with E-state index in [2.05, 4.69) is 15.0 Å². The van der Waals surface area contributed by atoms with Crippen molar-refractivity contribution in [2.75, 3.05) is 26.7 Å². The molecule has 0 spiro atoms. The van der Waals surface area contributed by atoms with Gasteiger partial charge in [0.15, 0.2) is 0 Å². The summed E-state index contributed by atoms with van der Waals surface area (Å²) < 4.78 is 1.81. The van der Waals surface area contributed by atoms with Gasteiger partial charge in [0, 0.05) is 57.7 Å². The van der Waals surface area contributed by atoms with Crippen LogP contribution in [0, 0.1) is 6.92 Å². The topological polar surface area (TPSA) is 87.1 Å². The van der Waals surface area contributed by atoms with Crippen molar-refractivity contribution in [3.05, 3.63) is 45.4 Å². The zero-order valence-electron chi connectivity index (χ0n) is 16.6. The molecule has 28 heavy (non-hydrogen) atoms. The molecule has 1 atom stereocenters. The molecule has 0 radical (unpaired) electrons. The maximum absolute atomic E-state index is 12.7. The number of nitrogens with one attached hydrogen (secondary N) is 1. The Hall–Kier alpha value is -2.48. The molecular weight excluding hydrogens is 356 g/mol. The van der Waals surface area contributed by atoms with Crippen molar-refractivity contribution in [1.82, 2.24) is 29.5 Å². The molecule has 4 rings (SSSR count). The number of carbonyl (C=O) groups excluding carboxylic acids is 1. The summed E-state index contributed by atoms with van der Waals surface area (Å²) in [5.74, 6) is 0.982. The van der Waals surface area contributed by atoms with E-state index in [-0.39, 0.29) is 17.4 Å². The predicted molar refractivity (Wildman–Crippen MR) is 105 cm³/mol. The number of carbonyl (C=O) groups is 1. The molecule has 2 aliphatic heterocycles. The van der Waals surface area contributed by atoms with Gasteiger partial charge in [0.2, 0.25) is 5.91 Å². The number of H-pyrrole nitrogens is 1. The van der Waals surface area contributed by atoms with Crippen LogP contribution in [0.5, 0.6) is 0 Å². The maximum atomic E-state index is 12.7. The number of piperidine rings is 1. The Kier molecular flexibility index (Phi) is 5.30. The Bertz CT molecular complexity index is 918. The summed E-state index contributed by atoms with van der Waals surface area (Å²) in [5.41, 5.74) is 2.65. The Morgan fingerprint density at radius 2 is 2.21 bits per heavy atom. The van der Waals surface area contributed by atoms with E-state index in [0.29, 0.717) is 26.1 Å². The van der Waals surface area contributed by atoms with Crippen LogP contribution < -0.4 is 5.56 Å². The minimum Gasteiger partial charge on any atom is -0.342 e. The first-order valence-corrected chi connectivity index (χ1v) is 10.1. The van der Waals surface area contributed by atoms with Crippen LogP contribution in [0.1, 0.15) is 48.0 Å². The zero-order chi connectivity index (χ0) is 19.7. The molecule has 8 nitrogen and oxygen atoms in total. The minimum atomic E-state index is -0.0240. The lowest BCUT2D eigenvalue weighted by Gasteiger charge is -2.33. The van der Waals surface area contributed by atoms with E-state index in [1.165, 1.54) is 0 Å². The molecule has 1 saturated heterocycles. The highest BCUT2D eigenvalue weighted by atomic mass is 16.2. The number of amides is 1. The lowest BCUT2D eigenvalue weighted by molar-refractivity contribution is -0.132. The lowest BCUT2D eigenvalue weighted by Crippen LogP contribution is -2.41. The van der Waals surface area contributed by atoms with E-state index in [0.717, 1.165) is 55.1 Å². The Morgan fingerprint density at radius 1 is 1.36 bits per heavy atom. The van der Waals surface area contributed by atoms with Gasteiger partial charge in [-0.05, 0) is 32.9 Å². The number of aromatic nitrogens is 4. The molecule has 1 fully saturated rings. The molecule has 1 N–H and O–H groups in total. The van der Waals surface area contributed by atoms with Crippen LogP contribution in [0.25, 0.3) is 0 Å². The fourth-order valence-corrected chi connectivity index (χ4v) is 4.16. The third-order valence-corrected chi connectivity index (χ3v) is 5.77. The number of likely N-dealkylation sites (N-methyl/N-ethyl adjacent to an activating group) is 1. The predicted octanol–water partition coefficient (Wildman–Crippen LogP) is 1.06. The van der Waals surface area contributed by atoms with Crippen molar-refractivity contribution in [1.29, 1.82) is 0 Å². The molecule has 2 aromatic heterocycles. The van der Waals surface area contributed by atoms with Gasteiger partial charge in [0.25, 0.3) is 5.56 Å². The van der Waals surface area contributed by atoms with E-state index in [1.807, 2.05) is 35.8 Å². The average Bonchev–Trinajstić information content (AvgIpc) is 3.12. The van der Waals surface area contributed by atoms with Gasteiger partial charge in [-0.2, -0.15) is 5.10 Å². The Balaban J connectivity index is 1.43. The second kappa shape index (κ2) is 7.87. The summed E-state index contributed by atoms with van der Waals surface area (Å²) in [7, 11) is 2.02. The number of hydrogen-bond acceptors (Lipinski definition) is 5. The van der Waals surface area contributed by atoms with Crippen molar-refractivity contribution in [3.8, 4) is 0 Å². The number of likely N-dealkylation sites (tertiary alicyclic amines) is 1. The highest BCUT2D eigenvalue weighted by Crippen LogP contribution is 2.25. The summed E-state index contributed by atoms with van der Waals surface area (Å²) in [5, 5.41) is 4.34. The maximum Gasteiger partial charge on any atom is 0.255 e. The van der Waals surface area contributed by atoms with Gasteiger partial charge in [0.05, 0.1) is 17.0 Å². The molecule has 1 unspecified atom stereocenters. The van der Waals surface area contributed by atoms with Gasteiger partial charge in [-0.15, -0.1) is 0 Å². The first kappa shape index (κ1) is 18.9. The van der Waals surface area contributed by atoms with Gasteiger partial charge in [-0.1, -0.05) is 0 Å². The van der Waals surface area contributed by atoms with Gasteiger partial charge in [-0.3, -0.25) is 14.3 Å². The van der Waals surface area contributed by atoms with Gasteiger partial charge >= 0.3 is 0 Å². The molecular formula is C20H28N6O2. The SMILES string of the molecule is Cc1ccn(CCC(=O)N2CCCC(c3nc4c(c(=O)[nH]3)CN(C)CC4)C2)n1. The highest BCUT2D eigenvalue weighted by Gasteiger charge is 2.28. The molecule has 2 aromatic rings. The molecule has 150 valence electrons. The van der Waals surface area contributed by atoms with Crippen LogP contribution in [0.3, 0.4) is 0 Å². The number of nitrogens with zero attached hydrogens (tertiary/aromatic N) is 5. The summed E-state index contributed by atoms with van der Waals surface area (Å²) in [4.78, 5) is 37.1. The zero-order valence-corrected chi connectivity index (χ0v) is 16.6. The fraction of sp³-hybridized carbons (Fsp3) is 0.600. The van der Waals surface area contributed by atoms with Crippen molar-refractivity contribution >= 4 is 5.91 Å². The summed E-state index contributed by atoms with van der Waals surface area (Å²) in [6.07, 6.45) is 5.03. The van der Waals surface area contributed by atoms with E-state index >= 15 is 0 Å². The Labute approximate surface area is 164 Å². The summed E-state index contributed by atoms with van der Waals surface area (Å²) in [6, 6.07) is 1.94. The first-order chi connectivity index (χ1) is 13.5. The van der Waals surface area contributed by atoms with Crippen molar-refractivity contribution in [3.63, 3.8) is 0 Å². The van der Waals surface area contributed by atoms with Gasteiger partial charge in [-0.25, -0.2) is 4.98 Å². The number of rotatable bonds is 4. The van der Waals surface area contributed by atoms with Crippen molar-refractivity contribution in [2.24, 2.45) is 0 Å². The summed E-state index contributed by atoms with van der Waals surface area (Å²) in [6.45, 7) is 5.50. The lowest BCUT2D eigenvalue weighted by atomic mass is 9.96. The smallest absolute Gasteiger partial charge is 0.255 e. The molecule has 4 heterocycles. The van der Waals surface area contributed by atoms with E-state index < -0.39 is 0 Å². The normalized spacial score (nSPS) is 20.2. The van der Waals surface area contributed by atoms with E-state index in [1.54, 1.807) is 0 Å². The standard InChI is InChI=1S/C20H28N6O2/c1-14-5-10-26(23-14)11-7-18(27)25-8-3-4-15(12-25)19-21-17-6-9-24(2)13-16(17)20(28)22-19/h5,10,15H,3-4,6-9,11-13H2,1-2H3,(H,21,22,28). The largest absolute Gasteiger partial charge is 0.342 e. The number of fused-ring (bicyclic) bond motifs is 1. The number of aryl methyl sites for hydroxylation is 2. The quantitative estimate of drug-likeness (QED) is 0.852. The van der Waals surface area contributed by atoms with Crippen LogP contribution in [0.2, 0.25) is 0 Å². The highest BCUT2D eigenvalue weighted by molar-refractivity contribution is 5.76. The molecule has 0 saturated carbocycles. The van der Waals surface area contributed by atoms with E-state index in [4.69, 9.17) is 4.98 Å². The molecule has 0 bridgehead atoms. The molecule has 0 aliphatic carbocycles. The average molecular weight is 384 g/mol. The number of hydrogen-bond donors (Lipinski definition) is 1. The van der Waals surface area contributed by atoms with Crippen LogP contribution in [-0.2, 0) is 24.3 Å². The van der Waals surface area contributed by atoms with Crippen LogP contribution >= 0.6 is 0 Å². The van der Waals surface area contributed by atoms with E-state index in [9.17, 15) is 9.59 Å². The molecule has 8 heteroatoms. The van der Waals surface area contributed by atoms with Crippen LogP contribution in [-0.4, -0.2) is 62.1 Å². The summed E-state index contributed by atoms with van der Waals surface area (Å²) >= 11 is 0. The van der Waals surface area contributed by atoms with Crippen LogP contribution in [0.15, 0.2) is 17.1 Å². The molecule has 0 aromatic carbocycles. The second-order valence-electron chi connectivity index (χ2n) is 8.01. The number of aromatic amines is 1. The van der Waals surface area contributed by atoms with Crippen molar-refractivity contribution in [2.45, 2.75) is 51.6 Å². The fourth-order valence-electron chi connectivity index (χ4n) is 4.16. The molecule has 1 amide bonds. The minimum absolute atomic E-state index is 0.0240. The second-order valence-corrected chi connectivity index (χ2v) is 8.01.